The molecule has 3 aromatic rings. The maximum absolute atomic E-state index is 13.3. The SMILES string of the molecule is CC(=O)c1cccc(NC(=O)COC(=O)c2c3c(nc4ccccc24)CC[C@H](C(C)(C)C)C3)c1. The molecule has 6 nitrogen and oxygen atoms in total. The normalized spacial score (nSPS) is 15.5. The number of pyridine rings is 1. The van der Waals surface area contributed by atoms with Gasteiger partial charge in [-0.05, 0) is 61.3 Å². The van der Waals surface area contributed by atoms with Gasteiger partial charge in [0, 0.05) is 22.3 Å². The molecule has 0 unspecified atom stereocenters. The smallest absolute Gasteiger partial charge is 0.339 e. The van der Waals surface area contributed by atoms with Crippen molar-refractivity contribution in [3.8, 4) is 0 Å². The number of amides is 1. The van der Waals surface area contributed by atoms with Crippen molar-refractivity contribution >= 4 is 34.3 Å². The second kappa shape index (κ2) is 9.37. The molecule has 1 aliphatic rings. The zero-order valence-electron chi connectivity index (χ0n) is 20.1. The molecular formula is C28H30N2O4. The first-order valence-electron chi connectivity index (χ1n) is 11.6. The Morgan fingerprint density at radius 3 is 2.59 bits per heavy atom. The molecule has 0 saturated carbocycles. The van der Waals surface area contributed by atoms with Crippen molar-refractivity contribution < 1.29 is 19.1 Å². The van der Waals surface area contributed by atoms with Crippen molar-refractivity contribution in [2.24, 2.45) is 11.3 Å². The molecule has 0 aliphatic heterocycles. The van der Waals surface area contributed by atoms with Gasteiger partial charge in [0.2, 0.25) is 0 Å². The largest absolute Gasteiger partial charge is 0.452 e. The topological polar surface area (TPSA) is 85.4 Å². The highest BCUT2D eigenvalue weighted by Gasteiger charge is 2.33. The van der Waals surface area contributed by atoms with Gasteiger partial charge in [-0.3, -0.25) is 14.6 Å². The zero-order chi connectivity index (χ0) is 24.5. The van der Waals surface area contributed by atoms with Gasteiger partial charge in [-0.2, -0.15) is 0 Å². The van der Waals surface area contributed by atoms with E-state index in [0.717, 1.165) is 41.4 Å². The third-order valence-corrected chi connectivity index (χ3v) is 6.58. The second-order valence-electron chi connectivity index (χ2n) is 10.00. The van der Waals surface area contributed by atoms with Gasteiger partial charge in [0.05, 0.1) is 11.1 Å². The van der Waals surface area contributed by atoms with Crippen LogP contribution >= 0.6 is 0 Å². The van der Waals surface area contributed by atoms with E-state index >= 15 is 0 Å². The Labute approximate surface area is 199 Å². The fourth-order valence-electron chi connectivity index (χ4n) is 4.58. The summed E-state index contributed by atoms with van der Waals surface area (Å²) in [4.78, 5) is 42.2. The summed E-state index contributed by atoms with van der Waals surface area (Å²) in [5.74, 6) is -0.650. The van der Waals surface area contributed by atoms with Crippen molar-refractivity contribution in [1.82, 2.24) is 4.98 Å². The molecule has 4 rings (SSSR count). The summed E-state index contributed by atoms with van der Waals surface area (Å²) in [6.45, 7) is 7.71. The van der Waals surface area contributed by atoms with E-state index in [4.69, 9.17) is 9.72 Å². The van der Waals surface area contributed by atoms with Crippen LogP contribution in [-0.4, -0.2) is 29.3 Å². The number of ketones is 1. The summed E-state index contributed by atoms with van der Waals surface area (Å²) in [7, 11) is 0. The average molecular weight is 459 g/mol. The third-order valence-electron chi connectivity index (χ3n) is 6.58. The first-order valence-corrected chi connectivity index (χ1v) is 11.6. The number of nitrogens with zero attached hydrogens (tertiary/aromatic N) is 1. The lowest BCUT2D eigenvalue weighted by molar-refractivity contribution is -0.119. The molecule has 0 fully saturated rings. The summed E-state index contributed by atoms with van der Waals surface area (Å²) >= 11 is 0. The van der Waals surface area contributed by atoms with Gasteiger partial charge in [0.1, 0.15) is 0 Å². The maximum atomic E-state index is 13.3. The van der Waals surface area contributed by atoms with Crippen molar-refractivity contribution in [2.45, 2.75) is 47.0 Å². The molecule has 0 spiro atoms. The predicted octanol–water partition coefficient (Wildman–Crippen LogP) is 5.38. The molecule has 0 bridgehead atoms. The van der Waals surface area contributed by atoms with E-state index in [0.29, 0.717) is 22.7 Å². The lowest BCUT2D eigenvalue weighted by Gasteiger charge is -2.35. The maximum Gasteiger partial charge on any atom is 0.339 e. The number of ether oxygens (including phenoxy) is 1. The minimum atomic E-state index is -0.517. The van der Waals surface area contributed by atoms with Gasteiger partial charge in [-0.15, -0.1) is 0 Å². The lowest BCUT2D eigenvalue weighted by Crippen LogP contribution is -2.29. The molecular weight excluding hydrogens is 428 g/mol. The highest BCUT2D eigenvalue weighted by molar-refractivity contribution is 6.06. The van der Waals surface area contributed by atoms with Crippen molar-refractivity contribution in [3.05, 3.63) is 70.9 Å². The van der Waals surface area contributed by atoms with Crippen molar-refractivity contribution in [3.63, 3.8) is 0 Å². The van der Waals surface area contributed by atoms with E-state index in [9.17, 15) is 14.4 Å². The molecule has 34 heavy (non-hydrogen) atoms. The Bertz CT molecular complexity index is 1270. The number of benzene rings is 2. The Hall–Kier alpha value is -3.54. The van der Waals surface area contributed by atoms with E-state index in [1.165, 1.54) is 6.92 Å². The standard InChI is InChI=1S/C28H30N2O4/c1-17(31)18-8-7-9-20(14-18)29-25(32)16-34-27(33)26-21-10-5-6-11-23(21)30-24-13-12-19(15-22(24)26)28(2,3)4/h5-11,14,19H,12-13,15-16H2,1-4H3,(H,29,32)/t19-/m0/s1. The minimum Gasteiger partial charge on any atom is -0.452 e. The molecule has 176 valence electrons. The van der Waals surface area contributed by atoms with E-state index < -0.39 is 18.5 Å². The van der Waals surface area contributed by atoms with Crippen molar-refractivity contribution in [1.29, 1.82) is 0 Å². The molecule has 1 heterocycles. The molecule has 1 aliphatic carbocycles. The number of Topliss-reactive ketones (excluding diaryl/α,β-unsaturated/α-hetero) is 1. The number of nitrogens with one attached hydrogen (secondary N) is 1. The van der Waals surface area contributed by atoms with Crippen LogP contribution in [0.1, 0.15) is 66.1 Å². The number of aryl methyl sites for hydroxylation is 1. The average Bonchev–Trinajstić information content (AvgIpc) is 2.80. The van der Waals surface area contributed by atoms with Crippen LogP contribution in [0.25, 0.3) is 10.9 Å². The molecule has 2 aromatic carbocycles. The number of hydrogen-bond donors (Lipinski definition) is 1. The molecule has 1 atom stereocenters. The van der Waals surface area contributed by atoms with Crippen LogP contribution in [0.3, 0.4) is 0 Å². The Morgan fingerprint density at radius 1 is 1.09 bits per heavy atom. The first kappa shape index (κ1) is 23.6. The lowest BCUT2D eigenvalue weighted by atomic mass is 9.70. The summed E-state index contributed by atoms with van der Waals surface area (Å²) in [5, 5.41) is 3.44. The van der Waals surface area contributed by atoms with E-state index in [1.54, 1.807) is 24.3 Å². The second-order valence-corrected chi connectivity index (χ2v) is 10.00. The monoisotopic (exact) mass is 458 g/mol. The minimum absolute atomic E-state index is 0.0922. The summed E-state index contributed by atoms with van der Waals surface area (Å²) in [6.07, 6.45) is 2.60. The summed E-state index contributed by atoms with van der Waals surface area (Å²) in [5.41, 5.74) is 4.24. The quantitative estimate of drug-likeness (QED) is 0.410. The van der Waals surface area contributed by atoms with Crippen LogP contribution in [0.2, 0.25) is 0 Å². The van der Waals surface area contributed by atoms with Gasteiger partial charge in [0.25, 0.3) is 5.91 Å². The number of fused-ring (bicyclic) bond motifs is 2. The number of rotatable bonds is 5. The van der Waals surface area contributed by atoms with E-state index in [-0.39, 0.29) is 11.2 Å². The molecule has 0 saturated heterocycles. The van der Waals surface area contributed by atoms with Gasteiger partial charge in [-0.1, -0.05) is 51.1 Å². The number of hydrogen-bond acceptors (Lipinski definition) is 5. The number of carbonyl (C=O) groups is 3. The summed E-state index contributed by atoms with van der Waals surface area (Å²) < 4.78 is 5.49. The van der Waals surface area contributed by atoms with Crippen LogP contribution < -0.4 is 5.32 Å². The molecule has 0 radical (unpaired) electrons. The number of carbonyl (C=O) groups excluding carboxylic acids is 3. The van der Waals surface area contributed by atoms with E-state index in [1.807, 2.05) is 24.3 Å². The third kappa shape index (κ3) is 5.01. The number of esters is 1. The number of anilines is 1. The predicted molar refractivity (Wildman–Crippen MR) is 132 cm³/mol. The van der Waals surface area contributed by atoms with Crippen LogP contribution in [0, 0.1) is 11.3 Å². The Morgan fingerprint density at radius 2 is 1.85 bits per heavy atom. The van der Waals surface area contributed by atoms with Crippen LogP contribution in [0.4, 0.5) is 5.69 Å². The summed E-state index contributed by atoms with van der Waals surface area (Å²) in [6, 6.07) is 14.2. The Kier molecular flexibility index (Phi) is 6.51. The molecule has 1 amide bonds. The number of aromatic nitrogens is 1. The van der Waals surface area contributed by atoms with Crippen LogP contribution in [0.15, 0.2) is 48.5 Å². The first-order chi connectivity index (χ1) is 16.1. The van der Waals surface area contributed by atoms with Crippen LogP contribution in [-0.2, 0) is 22.4 Å². The van der Waals surface area contributed by atoms with Gasteiger partial charge in [0.15, 0.2) is 12.4 Å². The zero-order valence-corrected chi connectivity index (χ0v) is 20.1. The van der Waals surface area contributed by atoms with Crippen molar-refractivity contribution in [2.75, 3.05) is 11.9 Å². The highest BCUT2D eigenvalue weighted by atomic mass is 16.5. The van der Waals surface area contributed by atoms with E-state index in [2.05, 4.69) is 26.1 Å². The number of para-hydroxylation sites is 1. The van der Waals surface area contributed by atoms with Gasteiger partial charge >= 0.3 is 5.97 Å². The molecule has 1 N–H and O–H groups in total. The fourth-order valence-corrected chi connectivity index (χ4v) is 4.58. The van der Waals surface area contributed by atoms with Gasteiger partial charge < -0.3 is 10.1 Å². The Balaban J connectivity index is 1.57. The fraction of sp³-hybridized carbons (Fsp3) is 0.357. The van der Waals surface area contributed by atoms with Crippen LogP contribution in [0.5, 0.6) is 0 Å². The molecule has 1 aromatic heterocycles. The highest BCUT2D eigenvalue weighted by Crippen LogP contribution is 2.39. The van der Waals surface area contributed by atoms with Gasteiger partial charge in [-0.25, -0.2) is 4.79 Å². The molecule has 6 heteroatoms.